The van der Waals surface area contributed by atoms with Gasteiger partial charge in [0, 0.05) is 39.8 Å². The molecule has 0 aliphatic carbocycles. The summed E-state index contributed by atoms with van der Waals surface area (Å²) in [5.74, 6) is 6.60. The Morgan fingerprint density at radius 1 is 1.23 bits per heavy atom. The molecule has 8 heteroatoms. The smallest absolute Gasteiger partial charge is 0.332 e. The van der Waals surface area contributed by atoms with Gasteiger partial charge in [0.1, 0.15) is 0 Å². The Morgan fingerprint density at radius 3 is 2.62 bits per heavy atom. The maximum Gasteiger partial charge on any atom is 0.332 e. The molecule has 0 unspecified atom stereocenters. The van der Waals surface area contributed by atoms with E-state index in [1.165, 1.54) is 11.6 Å². The Morgan fingerprint density at radius 2 is 1.96 bits per heavy atom. The predicted molar refractivity (Wildman–Crippen MR) is 103 cm³/mol. The first-order valence-corrected chi connectivity index (χ1v) is 8.76. The molecule has 1 N–H and O–H groups in total. The maximum atomic E-state index is 12.8. The van der Waals surface area contributed by atoms with E-state index in [0.29, 0.717) is 30.2 Å². The van der Waals surface area contributed by atoms with Gasteiger partial charge in [-0.3, -0.25) is 18.5 Å². The molecule has 0 atom stereocenters. The minimum atomic E-state index is -0.362. The maximum absolute atomic E-state index is 12.8. The molecular weight excluding hydrogens is 332 g/mol. The normalized spacial score (nSPS) is 14.8. The Hall–Kier alpha value is -2.79. The van der Waals surface area contributed by atoms with Crippen molar-refractivity contribution in [2.45, 2.75) is 26.9 Å². The summed E-state index contributed by atoms with van der Waals surface area (Å²) in [6, 6.07) is 0. The van der Waals surface area contributed by atoms with Crippen molar-refractivity contribution in [3.05, 3.63) is 33.0 Å². The number of aromatic nitrogens is 4. The minimum absolute atomic E-state index is 0.339. The molecule has 1 fully saturated rings. The van der Waals surface area contributed by atoms with Crippen LogP contribution in [0.2, 0.25) is 0 Å². The molecule has 0 bridgehead atoms. The third-order valence-corrected chi connectivity index (χ3v) is 4.55. The molecule has 26 heavy (non-hydrogen) atoms. The van der Waals surface area contributed by atoms with E-state index in [1.54, 1.807) is 6.92 Å². The van der Waals surface area contributed by atoms with Crippen molar-refractivity contribution in [3.63, 3.8) is 0 Å². The number of piperazine rings is 1. The Balaban J connectivity index is 2.32. The second-order valence-electron chi connectivity index (χ2n) is 6.16. The quantitative estimate of drug-likeness (QED) is 0.612. The highest BCUT2D eigenvalue weighted by atomic mass is 16.2. The van der Waals surface area contributed by atoms with Crippen LogP contribution in [-0.4, -0.2) is 44.9 Å². The third kappa shape index (κ3) is 3.06. The first kappa shape index (κ1) is 18.0. The summed E-state index contributed by atoms with van der Waals surface area (Å²) in [4.78, 5) is 32.3. The first-order valence-electron chi connectivity index (χ1n) is 8.76. The molecule has 3 heterocycles. The fourth-order valence-corrected chi connectivity index (χ4v) is 3.13. The van der Waals surface area contributed by atoms with Gasteiger partial charge in [-0.25, -0.2) is 4.79 Å². The molecule has 1 aliphatic rings. The highest BCUT2D eigenvalue weighted by molar-refractivity contribution is 5.75. The van der Waals surface area contributed by atoms with Crippen molar-refractivity contribution in [2.75, 3.05) is 31.1 Å². The van der Waals surface area contributed by atoms with E-state index in [9.17, 15) is 9.59 Å². The average Bonchev–Trinajstić information content (AvgIpc) is 3.04. The van der Waals surface area contributed by atoms with Crippen LogP contribution >= 0.6 is 0 Å². The van der Waals surface area contributed by atoms with Gasteiger partial charge in [0.15, 0.2) is 11.2 Å². The molecule has 0 saturated carbocycles. The van der Waals surface area contributed by atoms with Crippen LogP contribution in [0.1, 0.15) is 13.8 Å². The molecular formula is C18H24N6O2. The van der Waals surface area contributed by atoms with Crippen LogP contribution < -0.4 is 21.5 Å². The van der Waals surface area contributed by atoms with E-state index in [1.807, 2.05) is 23.6 Å². The highest BCUT2D eigenvalue weighted by Crippen LogP contribution is 2.20. The topological polar surface area (TPSA) is 77.1 Å². The number of allylic oxidation sites excluding steroid dienone is 2. The zero-order valence-corrected chi connectivity index (χ0v) is 15.4. The number of anilines is 1. The van der Waals surface area contributed by atoms with Gasteiger partial charge < -0.3 is 10.2 Å². The van der Waals surface area contributed by atoms with Gasteiger partial charge in [0.05, 0.1) is 6.54 Å². The molecule has 8 nitrogen and oxygen atoms in total. The molecule has 0 spiro atoms. The van der Waals surface area contributed by atoms with Gasteiger partial charge >= 0.3 is 5.69 Å². The first-order chi connectivity index (χ1) is 12.6. The lowest BCUT2D eigenvalue weighted by atomic mass is 10.4. The molecule has 2 aromatic rings. The molecule has 138 valence electrons. The third-order valence-electron chi connectivity index (χ3n) is 4.55. The van der Waals surface area contributed by atoms with Crippen molar-refractivity contribution in [1.82, 2.24) is 24.0 Å². The minimum Gasteiger partial charge on any atom is -0.340 e. The average molecular weight is 356 g/mol. The number of fused-ring (bicyclic) bond motifs is 1. The lowest BCUT2D eigenvalue weighted by molar-refractivity contribution is 0.573. The van der Waals surface area contributed by atoms with Gasteiger partial charge in [-0.15, -0.1) is 5.92 Å². The molecule has 0 amide bonds. The zero-order chi connectivity index (χ0) is 18.7. The number of nitrogens with one attached hydrogen (secondary N) is 1. The fraction of sp³-hybridized carbons (Fsp3) is 0.500. The van der Waals surface area contributed by atoms with E-state index < -0.39 is 0 Å². The summed E-state index contributed by atoms with van der Waals surface area (Å²) < 4.78 is 4.52. The second-order valence-corrected chi connectivity index (χ2v) is 6.16. The standard InChI is InChI=1S/C18H24N6O2/c1-4-6-10-23-14-15(20-17(23)22-12-8-19-9-13-22)24(11-7-5-2)18(26)21(3)16(14)25/h5,7,19H,8-13H2,1-3H3/b7-5+. The van der Waals surface area contributed by atoms with Gasteiger partial charge in [-0.2, -0.15) is 4.98 Å². The lowest BCUT2D eigenvalue weighted by Crippen LogP contribution is -2.44. The number of rotatable bonds is 4. The summed E-state index contributed by atoms with van der Waals surface area (Å²) in [6.07, 6.45) is 3.75. The van der Waals surface area contributed by atoms with Gasteiger partial charge in [0.2, 0.25) is 5.95 Å². The number of nitrogens with zero attached hydrogens (tertiary/aromatic N) is 5. The van der Waals surface area contributed by atoms with Crippen molar-refractivity contribution in [2.24, 2.45) is 7.05 Å². The second kappa shape index (κ2) is 7.62. The van der Waals surface area contributed by atoms with E-state index >= 15 is 0 Å². The van der Waals surface area contributed by atoms with Crippen LogP contribution in [0.5, 0.6) is 0 Å². The summed E-state index contributed by atoms with van der Waals surface area (Å²) in [6.45, 7) is 7.69. The van der Waals surface area contributed by atoms with Gasteiger partial charge in [-0.1, -0.05) is 18.1 Å². The van der Waals surface area contributed by atoms with Crippen LogP contribution in [0.25, 0.3) is 11.2 Å². The molecule has 1 saturated heterocycles. The number of imidazole rings is 1. The Bertz CT molecular complexity index is 1010. The monoisotopic (exact) mass is 356 g/mol. The van der Waals surface area contributed by atoms with Crippen LogP contribution in [-0.2, 0) is 20.1 Å². The van der Waals surface area contributed by atoms with Crippen molar-refractivity contribution >= 4 is 17.1 Å². The molecule has 0 radical (unpaired) electrons. The molecule has 1 aliphatic heterocycles. The van der Waals surface area contributed by atoms with E-state index in [-0.39, 0.29) is 11.2 Å². The summed E-state index contributed by atoms with van der Waals surface area (Å²) in [7, 11) is 1.50. The Labute approximate surface area is 151 Å². The van der Waals surface area contributed by atoms with Crippen molar-refractivity contribution < 1.29 is 0 Å². The van der Waals surface area contributed by atoms with E-state index in [0.717, 1.165) is 30.7 Å². The van der Waals surface area contributed by atoms with Crippen LogP contribution in [0.15, 0.2) is 21.7 Å². The summed E-state index contributed by atoms with van der Waals surface area (Å²) in [5, 5.41) is 3.31. The van der Waals surface area contributed by atoms with Crippen LogP contribution in [0.4, 0.5) is 5.95 Å². The Kier molecular flexibility index (Phi) is 5.28. The number of hydrogen-bond acceptors (Lipinski definition) is 5. The molecule has 3 rings (SSSR count). The van der Waals surface area contributed by atoms with Crippen LogP contribution in [0, 0.1) is 11.8 Å². The zero-order valence-electron chi connectivity index (χ0n) is 15.4. The van der Waals surface area contributed by atoms with Crippen molar-refractivity contribution in [1.29, 1.82) is 0 Å². The fourth-order valence-electron chi connectivity index (χ4n) is 3.13. The van der Waals surface area contributed by atoms with E-state index in [2.05, 4.69) is 22.1 Å². The summed E-state index contributed by atoms with van der Waals surface area (Å²) >= 11 is 0. The van der Waals surface area contributed by atoms with Crippen molar-refractivity contribution in [3.8, 4) is 11.8 Å². The predicted octanol–water partition coefficient (Wildman–Crippen LogP) is -0.0943. The largest absolute Gasteiger partial charge is 0.340 e. The summed E-state index contributed by atoms with van der Waals surface area (Å²) in [5.41, 5.74) is 0.141. The molecule has 0 aromatic carbocycles. The highest BCUT2D eigenvalue weighted by Gasteiger charge is 2.23. The van der Waals surface area contributed by atoms with E-state index in [4.69, 9.17) is 4.98 Å². The SMILES string of the molecule is CC#CCn1c(N2CCNCC2)nc2c1c(=O)n(C)c(=O)n2C/C=C/C. The van der Waals surface area contributed by atoms with Crippen LogP contribution in [0.3, 0.4) is 0 Å². The van der Waals surface area contributed by atoms with Gasteiger partial charge in [-0.05, 0) is 13.8 Å². The molecule has 2 aromatic heterocycles. The van der Waals surface area contributed by atoms with Gasteiger partial charge in [0.25, 0.3) is 5.56 Å². The number of hydrogen-bond donors (Lipinski definition) is 1. The lowest BCUT2D eigenvalue weighted by Gasteiger charge is -2.28.